The number of pyridine rings is 1. The largest absolute Gasteiger partial charge is 0.147 e. The zero-order valence-electron chi connectivity index (χ0n) is 15.3. The standard InChI is InChI=1S/C24H21BrNP.ClH/c25-20-16-17-21(26-18-20)19-27(22-10-4-1-5-11-22,23-12-6-2-7-13-23)24-14-8-3-9-15-24;/h1-18,27H,19H2;1H. The average Bonchev–Trinajstić information content (AvgIpc) is 2.75. The summed E-state index contributed by atoms with van der Waals surface area (Å²) in [6, 6.07) is 37.1. The SMILES string of the molecule is Brc1ccc(C[PH](c2ccccc2)(c2ccccc2)c2ccccc2)nc1.Cl. The maximum atomic E-state index is 4.73. The molecule has 0 radical (unpaired) electrons. The normalized spacial score (nSPS) is 11.5. The van der Waals surface area contributed by atoms with Gasteiger partial charge in [-0.05, 0) is 0 Å². The van der Waals surface area contributed by atoms with E-state index in [9.17, 15) is 0 Å². The summed E-state index contributed by atoms with van der Waals surface area (Å²) in [6.07, 6.45) is 2.83. The van der Waals surface area contributed by atoms with Crippen LogP contribution in [-0.4, -0.2) is 4.98 Å². The van der Waals surface area contributed by atoms with Crippen LogP contribution in [0.4, 0.5) is 0 Å². The molecule has 4 heteroatoms. The van der Waals surface area contributed by atoms with E-state index in [2.05, 4.69) is 119 Å². The molecular weight excluding hydrogens is 449 g/mol. The van der Waals surface area contributed by atoms with Crippen LogP contribution in [0.3, 0.4) is 0 Å². The monoisotopic (exact) mass is 469 g/mol. The molecule has 0 aliphatic rings. The van der Waals surface area contributed by atoms with E-state index in [4.69, 9.17) is 4.98 Å². The van der Waals surface area contributed by atoms with Crippen molar-refractivity contribution < 1.29 is 0 Å². The molecular formula is C24H22BrClNP. The molecule has 0 atom stereocenters. The van der Waals surface area contributed by atoms with Crippen LogP contribution in [0.15, 0.2) is 114 Å². The summed E-state index contributed by atoms with van der Waals surface area (Å²) < 4.78 is 1.01. The van der Waals surface area contributed by atoms with Crippen molar-refractivity contribution in [2.24, 2.45) is 0 Å². The predicted molar refractivity (Wildman–Crippen MR) is 129 cm³/mol. The van der Waals surface area contributed by atoms with E-state index in [1.807, 2.05) is 6.20 Å². The second-order valence-corrected chi connectivity index (χ2v) is 11.5. The van der Waals surface area contributed by atoms with Gasteiger partial charge < -0.3 is 0 Å². The molecule has 0 bridgehead atoms. The molecule has 1 nitrogen and oxygen atoms in total. The van der Waals surface area contributed by atoms with Gasteiger partial charge in [-0.3, -0.25) is 0 Å². The van der Waals surface area contributed by atoms with E-state index in [-0.39, 0.29) is 12.4 Å². The van der Waals surface area contributed by atoms with Crippen molar-refractivity contribution in [3.63, 3.8) is 0 Å². The van der Waals surface area contributed by atoms with Crippen molar-refractivity contribution in [2.75, 3.05) is 0 Å². The van der Waals surface area contributed by atoms with Gasteiger partial charge in [0.15, 0.2) is 0 Å². The Hall–Kier alpha value is -1.99. The van der Waals surface area contributed by atoms with Crippen molar-refractivity contribution in [1.29, 1.82) is 0 Å². The molecule has 0 fully saturated rings. The van der Waals surface area contributed by atoms with Gasteiger partial charge in [0.05, 0.1) is 0 Å². The minimum absolute atomic E-state index is 0. The molecule has 0 N–H and O–H groups in total. The summed E-state index contributed by atoms with van der Waals surface area (Å²) in [6.45, 7) is 0. The first kappa shape index (κ1) is 20.7. The number of halogens is 2. The molecule has 0 saturated heterocycles. The third-order valence-corrected chi connectivity index (χ3v) is 10.4. The van der Waals surface area contributed by atoms with Crippen molar-refractivity contribution in [3.05, 3.63) is 119 Å². The molecule has 0 unspecified atom stereocenters. The number of rotatable bonds is 5. The second kappa shape index (κ2) is 9.47. The zero-order chi connectivity index (χ0) is 18.5. The van der Waals surface area contributed by atoms with E-state index in [1.54, 1.807) is 0 Å². The van der Waals surface area contributed by atoms with Gasteiger partial charge in [-0.2, -0.15) is 0 Å². The van der Waals surface area contributed by atoms with Gasteiger partial charge in [0, 0.05) is 0 Å². The molecule has 1 aromatic heterocycles. The Morgan fingerprint density at radius 1 is 0.607 bits per heavy atom. The van der Waals surface area contributed by atoms with Crippen molar-refractivity contribution >= 4 is 51.5 Å². The van der Waals surface area contributed by atoms with Gasteiger partial charge in [0.25, 0.3) is 0 Å². The van der Waals surface area contributed by atoms with Crippen LogP contribution in [0.5, 0.6) is 0 Å². The van der Waals surface area contributed by atoms with E-state index in [1.165, 1.54) is 15.9 Å². The number of nitrogens with zero attached hydrogens (tertiary/aromatic N) is 1. The van der Waals surface area contributed by atoms with Crippen molar-refractivity contribution in [3.8, 4) is 0 Å². The van der Waals surface area contributed by atoms with Crippen LogP contribution in [0.1, 0.15) is 5.69 Å². The molecule has 3 aromatic carbocycles. The molecule has 0 amide bonds. The summed E-state index contributed by atoms with van der Waals surface area (Å²) in [5.41, 5.74) is 1.13. The summed E-state index contributed by atoms with van der Waals surface area (Å²) in [5, 5.41) is 4.23. The van der Waals surface area contributed by atoms with Gasteiger partial charge in [-0.25, -0.2) is 0 Å². The Labute approximate surface area is 181 Å². The van der Waals surface area contributed by atoms with Crippen LogP contribution in [0.2, 0.25) is 0 Å². The molecule has 0 aliphatic carbocycles. The summed E-state index contributed by atoms with van der Waals surface area (Å²) in [4.78, 5) is 4.73. The molecule has 142 valence electrons. The number of benzene rings is 3. The third kappa shape index (κ3) is 4.20. The Kier molecular flexibility index (Phi) is 7.02. The molecule has 4 rings (SSSR count). The number of hydrogen-bond donors (Lipinski definition) is 0. The summed E-state index contributed by atoms with van der Waals surface area (Å²) >= 11 is 3.51. The molecule has 28 heavy (non-hydrogen) atoms. The topological polar surface area (TPSA) is 12.9 Å². The Morgan fingerprint density at radius 2 is 1.04 bits per heavy atom. The average molecular weight is 471 g/mol. The fourth-order valence-corrected chi connectivity index (χ4v) is 8.64. The minimum atomic E-state index is -2.26. The van der Waals surface area contributed by atoms with E-state index < -0.39 is 7.26 Å². The molecule has 4 aromatic rings. The Bertz CT molecular complexity index is 896. The third-order valence-electron chi connectivity index (χ3n) is 5.03. The predicted octanol–water partition coefficient (Wildman–Crippen LogP) is 5.49. The van der Waals surface area contributed by atoms with Gasteiger partial charge in [-0.15, -0.1) is 12.4 Å². The fraction of sp³-hybridized carbons (Fsp3) is 0.0417. The quantitative estimate of drug-likeness (QED) is 0.351. The zero-order valence-corrected chi connectivity index (χ0v) is 18.7. The number of aromatic nitrogens is 1. The Balaban J connectivity index is 0.00000225. The smallest absolute Gasteiger partial charge is 0.147 e. The van der Waals surface area contributed by atoms with Crippen LogP contribution in [0.25, 0.3) is 0 Å². The Morgan fingerprint density at radius 3 is 1.39 bits per heavy atom. The van der Waals surface area contributed by atoms with Gasteiger partial charge in [0.2, 0.25) is 0 Å². The van der Waals surface area contributed by atoms with Gasteiger partial charge in [0.1, 0.15) is 0 Å². The first-order chi connectivity index (χ1) is 13.3. The van der Waals surface area contributed by atoms with Crippen molar-refractivity contribution in [2.45, 2.75) is 6.16 Å². The van der Waals surface area contributed by atoms with E-state index in [0.717, 1.165) is 16.3 Å². The van der Waals surface area contributed by atoms with Crippen LogP contribution >= 0.6 is 35.6 Å². The van der Waals surface area contributed by atoms with Crippen LogP contribution < -0.4 is 15.9 Å². The minimum Gasteiger partial charge on any atom is -0.147 e. The van der Waals surface area contributed by atoms with Gasteiger partial charge in [-0.1, -0.05) is 0 Å². The van der Waals surface area contributed by atoms with E-state index in [0.29, 0.717) is 0 Å². The molecule has 1 heterocycles. The molecule has 0 saturated carbocycles. The first-order valence-electron chi connectivity index (χ1n) is 9.06. The maximum absolute atomic E-state index is 4.73. The van der Waals surface area contributed by atoms with Crippen LogP contribution in [0, 0.1) is 0 Å². The maximum Gasteiger partial charge on any atom is -0.147 e. The molecule has 0 spiro atoms. The second-order valence-electron chi connectivity index (χ2n) is 6.65. The van der Waals surface area contributed by atoms with E-state index >= 15 is 0 Å². The molecule has 0 aliphatic heterocycles. The van der Waals surface area contributed by atoms with Gasteiger partial charge >= 0.3 is 170 Å². The first-order valence-corrected chi connectivity index (χ1v) is 12.1. The summed E-state index contributed by atoms with van der Waals surface area (Å²) in [5.74, 6) is 0. The summed E-state index contributed by atoms with van der Waals surface area (Å²) in [7, 11) is -2.26. The number of hydrogen-bond acceptors (Lipinski definition) is 1. The fourth-order valence-electron chi connectivity index (χ4n) is 3.76. The van der Waals surface area contributed by atoms with Crippen molar-refractivity contribution in [1.82, 2.24) is 4.98 Å². The van der Waals surface area contributed by atoms with Crippen LogP contribution in [-0.2, 0) is 6.16 Å².